The molecule has 0 unspecified atom stereocenters. The van der Waals surface area contributed by atoms with Crippen LogP contribution in [0.2, 0.25) is 10.0 Å². The van der Waals surface area contributed by atoms with Gasteiger partial charge in [0.15, 0.2) is 12.1 Å². The molecule has 0 saturated carbocycles. The predicted octanol–water partition coefficient (Wildman–Crippen LogP) is 3.63. The molecule has 3 N–H and O–H groups in total. The lowest BCUT2D eigenvalue weighted by molar-refractivity contribution is 0.626. The molecule has 0 saturated heterocycles. The van der Waals surface area contributed by atoms with E-state index in [0.29, 0.717) is 21.6 Å². The van der Waals surface area contributed by atoms with Gasteiger partial charge in [0.2, 0.25) is 5.95 Å². The van der Waals surface area contributed by atoms with Crippen LogP contribution >= 0.6 is 23.2 Å². The maximum atomic E-state index is 6.35. The Kier molecular flexibility index (Phi) is 2.99. The van der Waals surface area contributed by atoms with Crippen LogP contribution in [0.1, 0.15) is 11.7 Å². The highest BCUT2D eigenvalue weighted by molar-refractivity contribution is 6.36. The Labute approximate surface area is 136 Å². The Balaban J connectivity index is 2.03. The first-order valence-corrected chi connectivity index (χ1v) is 7.42. The molecular formula is C15H11Cl2N5. The molecule has 22 heavy (non-hydrogen) atoms. The van der Waals surface area contributed by atoms with Crippen LogP contribution in [0.25, 0.3) is 11.0 Å². The number of aromatic nitrogens is 2. The van der Waals surface area contributed by atoms with Crippen molar-refractivity contribution in [2.75, 3.05) is 5.32 Å². The lowest BCUT2D eigenvalue weighted by atomic mass is 10.1. The predicted molar refractivity (Wildman–Crippen MR) is 89.6 cm³/mol. The van der Waals surface area contributed by atoms with E-state index in [9.17, 15) is 0 Å². The maximum Gasteiger partial charge on any atom is 0.212 e. The van der Waals surface area contributed by atoms with Gasteiger partial charge in [-0.3, -0.25) is 9.88 Å². The second-order valence-corrected chi connectivity index (χ2v) is 5.76. The minimum absolute atomic E-state index is 0.281. The number of guanidine groups is 1. The molecule has 4 rings (SSSR count). The first-order valence-electron chi connectivity index (χ1n) is 6.66. The van der Waals surface area contributed by atoms with Gasteiger partial charge in [-0.25, -0.2) is 9.98 Å². The zero-order valence-corrected chi connectivity index (χ0v) is 12.8. The number of aliphatic imine (C=N–C) groups is 1. The number of rotatable bonds is 1. The molecule has 0 aliphatic carbocycles. The number of anilines is 1. The van der Waals surface area contributed by atoms with E-state index >= 15 is 0 Å². The van der Waals surface area contributed by atoms with Crippen molar-refractivity contribution in [1.82, 2.24) is 9.55 Å². The molecule has 0 bridgehead atoms. The Morgan fingerprint density at radius 3 is 2.55 bits per heavy atom. The van der Waals surface area contributed by atoms with Crippen molar-refractivity contribution >= 4 is 46.1 Å². The van der Waals surface area contributed by atoms with Gasteiger partial charge in [-0.05, 0) is 24.3 Å². The highest BCUT2D eigenvalue weighted by Crippen LogP contribution is 2.38. The fourth-order valence-corrected chi connectivity index (χ4v) is 3.26. The standard InChI is InChI=1S/C15H11Cl2N5/c16-8-4-3-5-9(17)12(8)13-20-14(18)21-15-19-10-6-1-2-7-11(10)22(13)15/h1-7,13H,(H3,18,19,20,21)/t13-/m1/s1. The van der Waals surface area contributed by atoms with Gasteiger partial charge >= 0.3 is 0 Å². The largest absolute Gasteiger partial charge is 0.370 e. The van der Waals surface area contributed by atoms with Gasteiger partial charge in [-0.15, -0.1) is 0 Å². The lowest BCUT2D eigenvalue weighted by Crippen LogP contribution is -2.31. The van der Waals surface area contributed by atoms with E-state index in [4.69, 9.17) is 28.9 Å². The van der Waals surface area contributed by atoms with Crippen LogP contribution in [0.5, 0.6) is 0 Å². The van der Waals surface area contributed by atoms with Crippen LogP contribution in [0, 0.1) is 0 Å². The molecule has 0 spiro atoms. The molecule has 3 aromatic rings. The fraction of sp³-hybridized carbons (Fsp3) is 0.0667. The average Bonchev–Trinajstić information content (AvgIpc) is 2.84. The normalized spacial score (nSPS) is 17.0. The van der Waals surface area contributed by atoms with Gasteiger partial charge in [0.05, 0.1) is 11.0 Å². The molecule has 0 radical (unpaired) electrons. The van der Waals surface area contributed by atoms with E-state index in [2.05, 4.69) is 15.3 Å². The van der Waals surface area contributed by atoms with E-state index < -0.39 is 6.17 Å². The molecule has 7 heteroatoms. The Morgan fingerprint density at radius 2 is 1.77 bits per heavy atom. The van der Waals surface area contributed by atoms with Crippen molar-refractivity contribution < 1.29 is 0 Å². The third-order valence-corrected chi connectivity index (χ3v) is 4.26. The summed E-state index contributed by atoms with van der Waals surface area (Å²) < 4.78 is 1.94. The minimum Gasteiger partial charge on any atom is -0.370 e. The number of hydrogen-bond acceptors (Lipinski definition) is 4. The van der Waals surface area contributed by atoms with Crippen molar-refractivity contribution in [3.05, 3.63) is 58.1 Å². The molecule has 1 aliphatic heterocycles. The quantitative estimate of drug-likeness (QED) is 0.715. The number of benzene rings is 2. The van der Waals surface area contributed by atoms with Crippen molar-refractivity contribution in [2.24, 2.45) is 10.7 Å². The summed E-state index contributed by atoms with van der Waals surface area (Å²) in [4.78, 5) is 9.02. The second-order valence-electron chi connectivity index (χ2n) is 4.94. The number of nitrogens with two attached hydrogens (primary N) is 1. The van der Waals surface area contributed by atoms with Crippen molar-refractivity contribution in [2.45, 2.75) is 6.17 Å². The van der Waals surface area contributed by atoms with Gasteiger partial charge in [-0.1, -0.05) is 41.4 Å². The van der Waals surface area contributed by atoms with Gasteiger partial charge in [-0.2, -0.15) is 0 Å². The van der Waals surface area contributed by atoms with Crippen molar-refractivity contribution in [1.29, 1.82) is 0 Å². The third kappa shape index (κ3) is 1.94. The van der Waals surface area contributed by atoms with E-state index in [0.717, 1.165) is 11.0 Å². The number of imidazole rings is 1. The zero-order chi connectivity index (χ0) is 15.3. The van der Waals surface area contributed by atoms with Crippen LogP contribution in [0.4, 0.5) is 5.95 Å². The molecule has 1 atom stereocenters. The molecule has 1 aliphatic rings. The fourth-order valence-electron chi connectivity index (χ4n) is 2.67. The third-order valence-electron chi connectivity index (χ3n) is 3.60. The molecule has 110 valence electrons. The van der Waals surface area contributed by atoms with Gasteiger partial charge in [0, 0.05) is 15.6 Å². The van der Waals surface area contributed by atoms with Gasteiger partial charge < -0.3 is 5.73 Å². The first-order chi connectivity index (χ1) is 10.6. The van der Waals surface area contributed by atoms with E-state index in [1.165, 1.54) is 0 Å². The Morgan fingerprint density at radius 1 is 1.05 bits per heavy atom. The summed E-state index contributed by atoms with van der Waals surface area (Å²) >= 11 is 12.7. The maximum absolute atomic E-state index is 6.35. The number of halogens is 2. The molecule has 1 aromatic heterocycles. The van der Waals surface area contributed by atoms with Crippen LogP contribution in [0.15, 0.2) is 47.5 Å². The number of para-hydroxylation sites is 2. The summed E-state index contributed by atoms with van der Waals surface area (Å²) in [5, 5.41) is 4.06. The highest BCUT2D eigenvalue weighted by atomic mass is 35.5. The second kappa shape index (κ2) is 4.90. The lowest BCUT2D eigenvalue weighted by Gasteiger charge is -2.25. The summed E-state index contributed by atoms with van der Waals surface area (Å²) in [5.41, 5.74) is 8.39. The minimum atomic E-state index is -0.454. The number of fused-ring (bicyclic) bond motifs is 3. The van der Waals surface area contributed by atoms with Crippen molar-refractivity contribution in [3.8, 4) is 0 Å². The topological polar surface area (TPSA) is 68.2 Å². The van der Waals surface area contributed by atoms with Crippen molar-refractivity contribution in [3.63, 3.8) is 0 Å². The molecule has 0 fully saturated rings. The number of hydrogen-bond donors (Lipinski definition) is 2. The van der Waals surface area contributed by atoms with Crippen LogP contribution in [-0.4, -0.2) is 15.5 Å². The summed E-state index contributed by atoms with van der Waals surface area (Å²) in [6.45, 7) is 0. The summed E-state index contributed by atoms with van der Waals surface area (Å²) in [6, 6.07) is 13.2. The summed E-state index contributed by atoms with van der Waals surface area (Å²) in [5.74, 6) is 0.901. The summed E-state index contributed by atoms with van der Waals surface area (Å²) in [7, 11) is 0. The molecule has 2 heterocycles. The van der Waals surface area contributed by atoms with Gasteiger partial charge in [0.25, 0.3) is 0 Å². The van der Waals surface area contributed by atoms with E-state index in [-0.39, 0.29) is 5.96 Å². The number of nitrogens with one attached hydrogen (secondary N) is 1. The molecule has 2 aromatic carbocycles. The number of nitrogens with zero attached hydrogens (tertiary/aromatic N) is 3. The highest BCUT2D eigenvalue weighted by Gasteiger charge is 2.28. The smallest absolute Gasteiger partial charge is 0.212 e. The van der Waals surface area contributed by atoms with E-state index in [1.807, 2.05) is 28.8 Å². The average molecular weight is 332 g/mol. The van der Waals surface area contributed by atoms with Gasteiger partial charge in [0.1, 0.15) is 0 Å². The molecular weight excluding hydrogens is 321 g/mol. The first kappa shape index (κ1) is 13.4. The Hall–Kier alpha value is -2.24. The van der Waals surface area contributed by atoms with E-state index in [1.54, 1.807) is 18.2 Å². The van der Waals surface area contributed by atoms with Crippen LogP contribution in [0.3, 0.4) is 0 Å². The summed E-state index contributed by atoms with van der Waals surface area (Å²) in [6.07, 6.45) is -0.454. The zero-order valence-electron chi connectivity index (χ0n) is 11.3. The Bertz CT molecular complexity index is 895. The molecule has 5 nitrogen and oxygen atoms in total. The molecule has 0 amide bonds. The van der Waals surface area contributed by atoms with Crippen LogP contribution in [-0.2, 0) is 0 Å². The SMILES string of the molecule is NC1=N[C@@H](c2c(Cl)cccc2Cl)n2c(nc3ccccc32)N1. The van der Waals surface area contributed by atoms with Crippen LogP contribution < -0.4 is 11.1 Å². The monoisotopic (exact) mass is 331 g/mol.